The van der Waals surface area contributed by atoms with Crippen LogP contribution in [0.5, 0.6) is 5.75 Å². The number of hydrogen-bond acceptors (Lipinski definition) is 4. The van der Waals surface area contributed by atoms with E-state index in [1.165, 1.54) is 5.56 Å². The smallest absolute Gasteiger partial charge is 0.158 e. The van der Waals surface area contributed by atoms with E-state index < -0.39 is 0 Å². The van der Waals surface area contributed by atoms with Crippen molar-refractivity contribution in [2.45, 2.75) is 13.5 Å². The number of aryl methyl sites for hydroxylation is 1. The van der Waals surface area contributed by atoms with E-state index in [0.717, 1.165) is 33.5 Å². The molecule has 0 bridgehead atoms. The molecule has 3 aromatic heterocycles. The van der Waals surface area contributed by atoms with E-state index in [2.05, 4.69) is 28.1 Å². The number of fused-ring (bicyclic) bond motifs is 1. The van der Waals surface area contributed by atoms with Gasteiger partial charge >= 0.3 is 0 Å². The molecule has 0 aliphatic heterocycles. The van der Waals surface area contributed by atoms with Crippen LogP contribution in [0.1, 0.15) is 11.1 Å². The number of hydrogen-bond donors (Lipinski definition) is 0. The van der Waals surface area contributed by atoms with Crippen LogP contribution in [-0.2, 0) is 6.54 Å². The molecule has 4 aromatic rings. The number of methoxy groups -OCH3 is 1. The van der Waals surface area contributed by atoms with Gasteiger partial charge in [-0.25, -0.2) is 9.67 Å². The minimum atomic E-state index is 0.642. The molecule has 5 heteroatoms. The lowest BCUT2D eigenvalue weighted by Gasteiger charge is -2.08. The standard InChI is InChI=1S/C20H18N4O/c1-14-6-8-21-11-18(14)17-7-9-22-20-19(17)12-23-24(20)13-15-4-3-5-16(10-15)25-2/h3-12H,13H2,1-2H3. The quantitative estimate of drug-likeness (QED) is 0.570. The summed E-state index contributed by atoms with van der Waals surface area (Å²) in [6, 6.07) is 12.0. The Hall–Kier alpha value is -3.21. The molecule has 0 atom stereocenters. The predicted octanol–water partition coefficient (Wildman–Crippen LogP) is 3.86. The van der Waals surface area contributed by atoms with Gasteiger partial charge in [-0.3, -0.25) is 4.98 Å². The Balaban J connectivity index is 1.78. The molecule has 3 heterocycles. The predicted molar refractivity (Wildman–Crippen MR) is 97.6 cm³/mol. The highest BCUT2D eigenvalue weighted by Gasteiger charge is 2.12. The summed E-state index contributed by atoms with van der Waals surface area (Å²) in [7, 11) is 1.67. The molecule has 0 radical (unpaired) electrons. The number of nitrogens with zero attached hydrogens (tertiary/aromatic N) is 4. The molecule has 124 valence electrons. The van der Waals surface area contributed by atoms with Crippen molar-refractivity contribution < 1.29 is 4.74 Å². The summed E-state index contributed by atoms with van der Waals surface area (Å²) >= 11 is 0. The second kappa shape index (κ2) is 6.36. The van der Waals surface area contributed by atoms with Crippen LogP contribution < -0.4 is 4.74 Å². The van der Waals surface area contributed by atoms with Gasteiger partial charge in [0, 0.05) is 29.5 Å². The van der Waals surface area contributed by atoms with Gasteiger partial charge in [0.2, 0.25) is 0 Å². The highest BCUT2D eigenvalue weighted by molar-refractivity contribution is 5.93. The van der Waals surface area contributed by atoms with Crippen LogP contribution in [0.2, 0.25) is 0 Å². The fraction of sp³-hybridized carbons (Fsp3) is 0.150. The van der Waals surface area contributed by atoms with Gasteiger partial charge < -0.3 is 4.74 Å². The molecule has 5 nitrogen and oxygen atoms in total. The van der Waals surface area contributed by atoms with Gasteiger partial charge in [0.1, 0.15) is 5.75 Å². The van der Waals surface area contributed by atoms with Gasteiger partial charge in [-0.2, -0.15) is 5.10 Å². The van der Waals surface area contributed by atoms with Crippen molar-refractivity contribution in [3.05, 3.63) is 72.3 Å². The van der Waals surface area contributed by atoms with Gasteiger partial charge in [0.15, 0.2) is 5.65 Å². The van der Waals surface area contributed by atoms with Crippen molar-refractivity contribution >= 4 is 11.0 Å². The number of aromatic nitrogens is 4. The molecular formula is C20H18N4O. The highest BCUT2D eigenvalue weighted by atomic mass is 16.5. The summed E-state index contributed by atoms with van der Waals surface area (Å²) in [6.07, 6.45) is 7.41. The Morgan fingerprint density at radius 2 is 1.96 bits per heavy atom. The van der Waals surface area contributed by atoms with E-state index in [1.807, 2.05) is 59.8 Å². The van der Waals surface area contributed by atoms with Crippen molar-refractivity contribution in [2.75, 3.05) is 7.11 Å². The molecular weight excluding hydrogens is 312 g/mol. The Labute approximate surface area is 145 Å². The van der Waals surface area contributed by atoms with E-state index in [9.17, 15) is 0 Å². The first-order valence-electron chi connectivity index (χ1n) is 8.10. The average Bonchev–Trinajstić information content (AvgIpc) is 3.05. The maximum atomic E-state index is 5.30. The first kappa shape index (κ1) is 15.3. The van der Waals surface area contributed by atoms with Crippen LogP contribution in [-0.4, -0.2) is 26.9 Å². The fourth-order valence-electron chi connectivity index (χ4n) is 3.02. The fourth-order valence-corrected chi connectivity index (χ4v) is 3.02. The topological polar surface area (TPSA) is 52.8 Å². The van der Waals surface area contributed by atoms with E-state index in [4.69, 9.17) is 4.74 Å². The maximum absolute atomic E-state index is 5.30. The third kappa shape index (κ3) is 2.85. The van der Waals surface area contributed by atoms with Gasteiger partial charge in [-0.1, -0.05) is 12.1 Å². The van der Waals surface area contributed by atoms with E-state index in [0.29, 0.717) is 6.54 Å². The summed E-state index contributed by atoms with van der Waals surface area (Å²) in [6.45, 7) is 2.73. The molecule has 0 spiro atoms. The third-order valence-electron chi connectivity index (χ3n) is 4.34. The van der Waals surface area contributed by atoms with Gasteiger partial charge in [0.05, 0.1) is 19.9 Å². The summed E-state index contributed by atoms with van der Waals surface area (Å²) in [5.74, 6) is 0.841. The lowest BCUT2D eigenvalue weighted by molar-refractivity contribution is 0.414. The van der Waals surface area contributed by atoms with E-state index in [1.54, 1.807) is 7.11 Å². The third-order valence-corrected chi connectivity index (χ3v) is 4.34. The SMILES string of the molecule is COc1cccc(Cn2ncc3c(-c4cnccc4C)ccnc32)c1. The summed E-state index contributed by atoms with van der Waals surface area (Å²) in [5, 5.41) is 5.58. The Morgan fingerprint density at radius 3 is 2.80 bits per heavy atom. The first-order valence-corrected chi connectivity index (χ1v) is 8.10. The normalized spacial score (nSPS) is 11.0. The molecule has 0 fully saturated rings. The Bertz CT molecular complexity index is 1040. The number of pyridine rings is 2. The molecule has 0 unspecified atom stereocenters. The lowest BCUT2D eigenvalue weighted by Crippen LogP contribution is -2.02. The van der Waals surface area contributed by atoms with Crippen molar-refractivity contribution in [1.82, 2.24) is 19.7 Å². The highest BCUT2D eigenvalue weighted by Crippen LogP contribution is 2.29. The molecule has 0 saturated carbocycles. The van der Waals surface area contributed by atoms with Crippen molar-refractivity contribution in [3.8, 4) is 16.9 Å². The zero-order chi connectivity index (χ0) is 17.2. The molecule has 0 aliphatic rings. The van der Waals surface area contributed by atoms with Crippen LogP contribution in [0.15, 0.2) is 61.2 Å². The zero-order valence-electron chi connectivity index (χ0n) is 14.2. The van der Waals surface area contributed by atoms with Crippen molar-refractivity contribution in [2.24, 2.45) is 0 Å². The largest absolute Gasteiger partial charge is 0.497 e. The zero-order valence-corrected chi connectivity index (χ0v) is 14.2. The number of benzene rings is 1. The molecule has 0 N–H and O–H groups in total. The summed E-state index contributed by atoms with van der Waals surface area (Å²) in [4.78, 5) is 8.81. The van der Waals surface area contributed by atoms with E-state index in [-0.39, 0.29) is 0 Å². The number of rotatable bonds is 4. The minimum Gasteiger partial charge on any atom is -0.497 e. The molecule has 0 amide bonds. The first-order chi connectivity index (χ1) is 12.3. The second-order valence-electron chi connectivity index (χ2n) is 5.94. The lowest BCUT2D eigenvalue weighted by atomic mass is 10.0. The van der Waals surface area contributed by atoms with Crippen LogP contribution in [0.3, 0.4) is 0 Å². The molecule has 0 saturated heterocycles. The minimum absolute atomic E-state index is 0.642. The molecule has 25 heavy (non-hydrogen) atoms. The van der Waals surface area contributed by atoms with E-state index >= 15 is 0 Å². The van der Waals surface area contributed by atoms with Gasteiger partial charge in [-0.15, -0.1) is 0 Å². The van der Waals surface area contributed by atoms with Gasteiger partial charge in [0.25, 0.3) is 0 Å². The van der Waals surface area contributed by atoms with Crippen LogP contribution in [0.4, 0.5) is 0 Å². The van der Waals surface area contributed by atoms with Gasteiger partial charge in [-0.05, 0) is 47.9 Å². The molecule has 1 aromatic carbocycles. The van der Waals surface area contributed by atoms with Crippen molar-refractivity contribution in [1.29, 1.82) is 0 Å². The number of ether oxygens (including phenoxy) is 1. The summed E-state index contributed by atoms with van der Waals surface area (Å²) in [5.41, 5.74) is 5.38. The average molecular weight is 330 g/mol. The summed E-state index contributed by atoms with van der Waals surface area (Å²) < 4.78 is 7.22. The Morgan fingerprint density at radius 1 is 1.04 bits per heavy atom. The second-order valence-corrected chi connectivity index (χ2v) is 5.94. The Kier molecular flexibility index (Phi) is 3.90. The van der Waals surface area contributed by atoms with Crippen molar-refractivity contribution in [3.63, 3.8) is 0 Å². The molecule has 0 aliphatic carbocycles. The maximum Gasteiger partial charge on any atom is 0.158 e. The van der Waals surface area contributed by atoms with Crippen LogP contribution >= 0.6 is 0 Å². The van der Waals surface area contributed by atoms with Crippen LogP contribution in [0, 0.1) is 6.92 Å². The monoisotopic (exact) mass is 330 g/mol. The molecule has 4 rings (SSSR count). The van der Waals surface area contributed by atoms with Crippen LogP contribution in [0.25, 0.3) is 22.2 Å².